The third-order valence-corrected chi connectivity index (χ3v) is 5.89. The van der Waals surface area contributed by atoms with Gasteiger partial charge in [-0.25, -0.2) is 12.9 Å². The number of hydrogen-bond donors (Lipinski definition) is 1. The molecular formula is C15H12Cl2F3NO5PS+. The second kappa shape index (κ2) is 8.84. The summed E-state index contributed by atoms with van der Waals surface area (Å²) in [5.74, 6) is -0.187. The van der Waals surface area contributed by atoms with Crippen LogP contribution in [0.2, 0.25) is 10.0 Å². The standard InChI is InChI=1S/C15H12Cl2F3NO5PS/c1-2-25-27(22)26-14-6-3-9(16)7-13(14)21-28(23,24)10-4-5-12(17)11(8-10)15(18,19)20/h3-8,21H,2H2,1H3/q+1. The van der Waals surface area contributed by atoms with Crippen LogP contribution in [0.15, 0.2) is 41.3 Å². The van der Waals surface area contributed by atoms with Crippen LogP contribution in [0.25, 0.3) is 0 Å². The molecule has 0 fully saturated rings. The Kier molecular flexibility index (Phi) is 7.17. The van der Waals surface area contributed by atoms with E-state index in [1.165, 1.54) is 12.1 Å². The fraction of sp³-hybridized carbons (Fsp3) is 0.200. The van der Waals surface area contributed by atoms with Crippen molar-refractivity contribution in [1.82, 2.24) is 0 Å². The Labute approximate surface area is 169 Å². The molecule has 152 valence electrons. The lowest BCUT2D eigenvalue weighted by Crippen LogP contribution is -2.15. The maximum absolute atomic E-state index is 13.0. The second-order valence-electron chi connectivity index (χ2n) is 5.12. The van der Waals surface area contributed by atoms with Gasteiger partial charge in [-0.15, -0.1) is 4.52 Å². The minimum absolute atomic E-state index is 0.0782. The molecule has 1 N–H and O–H groups in total. The molecule has 28 heavy (non-hydrogen) atoms. The maximum Gasteiger partial charge on any atom is 0.750 e. The van der Waals surface area contributed by atoms with Gasteiger partial charge in [-0.3, -0.25) is 4.72 Å². The van der Waals surface area contributed by atoms with E-state index >= 15 is 0 Å². The van der Waals surface area contributed by atoms with Gasteiger partial charge in [-0.1, -0.05) is 23.2 Å². The summed E-state index contributed by atoms with van der Waals surface area (Å²) in [7, 11) is -7.08. The molecule has 0 spiro atoms. The van der Waals surface area contributed by atoms with E-state index in [0.29, 0.717) is 6.07 Å². The average Bonchev–Trinajstić information content (AvgIpc) is 2.56. The van der Waals surface area contributed by atoms with E-state index in [9.17, 15) is 26.2 Å². The Morgan fingerprint density at radius 2 is 1.82 bits per heavy atom. The lowest BCUT2D eigenvalue weighted by atomic mass is 10.2. The molecule has 0 aliphatic carbocycles. The number of benzene rings is 2. The monoisotopic (exact) mass is 476 g/mol. The van der Waals surface area contributed by atoms with Crippen molar-refractivity contribution in [2.45, 2.75) is 18.0 Å². The summed E-state index contributed by atoms with van der Waals surface area (Å²) in [5, 5.41) is -0.546. The quantitative estimate of drug-likeness (QED) is 0.504. The molecule has 2 aromatic carbocycles. The summed E-state index contributed by atoms with van der Waals surface area (Å²) < 4.78 is 87.5. The van der Waals surface area contributed by atoms with Gasteiger partial charge in [0.05, 0.1) is 21.2 Å². The predicted octanol–water partition coefficient (Wildman–Crippen LogP) is 5.89. The van der Waals surface area contributed by atoms with Crippen LogP contribution >= 0.6 is 31.5 Å². The number of sulfonamides is 1. The molecule has 6 nitrogen and oxygen atoms in total. The van der Waals surface area contributed by atoms with Gasteiger partial charge in [-0.2, -0.15) is 13.2 Å². The van der Waals surface area contributed by atoms with E-state index < -0.39 is 39.9 Å². The minimum atomic E-state index is -4.84. The summed E-state index contributed by atoms with van der Waals surface area (Å²) in [5.41, 5.74) is -1.54. The Bertz CT molecular complexity index is 1000. The van der Waals surface area contributed by atoms with E-state index in [4.69, 9.17) is 32.2 Å². The number of nitrogens with one attached hydrogen (secondary N) is 1. The third kappa shape index (κ3) is 5.71. The molecule has 1 unspecified atom stereocenters. The van der Waals surface area contributed by atoms with E-state index in [1.54, 1.807) is 6.92 Å². The number of rotatable bonds is 7. The Morgan fingerprint density at radius 3 is 2.43 bits per heavy atom. The highest BCUT2D eigenvalue weighted by atomic mass is 35.5. The number of alkyl halides is 3. The number of halogens is 5. The van der Waals surface area contributed by atoms with Crippen LogP contribution in [0.4, 0.5) is 18.9 Å². The van der Waals surface area contributed by atoms with Gasteiger partial charge in [0.2, 0.25) is 5.75 Å². The first kappa shape index (κ1) is 22.7. The first-order chi connectivity index (χ1) is 12.9. The zero-order valence-electron chi connectivity index (χ0n) is 14.0. The van der Waals surface area contributed by atoms with Crippen LogP contribution in [0.3, 0.4) is 0 Å². The van der Waals surface area contributed by atoms with Crippen LogP contribution in [-0.2, 0) is 25.3 Å². The van der Waals surface area contributed by atoms with Crippen molar-refractivity contribution >= 4 is 47.2 Å². The fourth-order valence-corrected chi connectivity index (χ4v) is 4.03. The van der Waals surface area contributed by atoms with Crippen LogP contribution in [0.1, 0.15) is 12.5 Å². The van der Waals surface area contributed by atoms with E-state index in [1.807, 2.05) is 0 Å². The zero-order chi connectivity index (χ0) is 21.1. The van der Waals surface area contributed by atoms with Crippen molar-refractivity contribution in [3.05, 3.63) is 52.0 Å². The predicted molar refractivity (Wildman–Crippen MR) is 98.6 cm³/mol. The molecule has 0 aliphatic rings. The van der Waals surface area contributed by atoms with E-state index in [-0.39, 0.29) is 23.1 Å². The second-order valence-corrected chi connectivity index (χ2v) is 8.53. The smallest absolute Gasteiger partial charge is 0.276 e. The largest absolute Gasteiger partial charge is 0.750 e. The number of anilines is 1. The van der Waals surface area contributed by atoms with Gasteiger partial charge in [-0.05, 0) is 43.3 Å². The molecular weight excluding hydrogens is 465 g/mol. The van der Waals surface area contributed by atoms with Crippen LogP contribution in [0, 0.1) is 0 Å². The lowest BCUT2D eigenvalue weighted by Gasteiger charge is -2.13. The van der Waals surface area contributed by atoms with Gasteiger partial charge in [0.15, 0.2) is 0 Å². The van der Waals surface area contributed by atoms with E-state index in [0.717, 1.165) is 18.2 Å². The zero-order valence-corrected chi connectivity index (χ0v) is 17.2. The van der Waals surface area contributed by atoms with Crippen LogP contribution in [-0.4, -0.2) is 15.0 Å². The van der Waals surface area contributed by atoms with Crippen LogP contribution in [0.5, 0.6) is 5.75 Å². The van der Waals surface area contributed by atoms with Crippen molar-refractivity contribution in [2.75, 3.05) is 11.3 Å². The van der Waals surface area contributed by atoms with Crippen molar-refractivity contribution in [2.24, 2.45) is 0 Å². The van der Waals surface area contributed by atoms with Gasteiger partial charge >= 0.3 is 14.4 Å². The molecule has 0 saturated carbocycles. The molecule has 0 aromatic heterocycles. The molecule has 0 aliphatic heterocycles. The molecule has 0 bridgehead atoms. The summed E-state index contributed by atoms with van der Waals surface area (Å²) in [4.78, 5) is -0.690. The summed E-state index contributed by atoms with van der Waals surface area (Å²) >= 11 is 11.3. The van der Waals surface area contributed by atoms with Crippen molar-refractivity contribution in [1.29, 1.82) is 0 Å². The first-order valence-electron chi connectivity index (χ1n) is 7.41. The Balaban J connectivity index is 2.42. The van der Waals surface area contributed by atoms with Crippen molar-refractivity contribution in [3.63, 3.8) is 0 Å². The number of hydrogen-bond acceptors (Lipinski definition) is 5. The molecule has 13 heteroatoms. The maximum atomic E-state index is 13.0. The summed E-state index contributed by atoms with van der Waals surface area (Å²) in [6, 6.07) is 5.84. The molecule has 2 aromatic rings. The van der Waals surface area contributed by atoms with Crippen molar-refractivity contribution in [3.8, 4) is 5.75 Å². The Morgan fingerprint density at radius 1 is 1.14 bits per heavy atom. The first-order valence-corrected chi connectivity index (χ1v) is 10.7. The van der Waals surface area contributed by atoms with Crippen molar-refractivity contribution < 1.29 is 35.2 Å². The Hall–Kier alpha value is -1.58. The van der Waals surface area contributed by atoms with E-state index in [2.05, 4.69) is 4.72 Å². The van der Waals surface area contributed by atoms with Gasteiger partial charge in [0.25, 0.3) is 10.0 Å². The highest BCUT2D eigenvalue weighted by Crippen LogP contribution is 2.38. The lowest BCUT2D eigenvalue weighted by molar-refractivity contribution is -0.137. The molecule has 1 atom stereocenters. The topological polar surface area (TPSA) is 81.7 Å². The minimum Gasteiger partial charge on any atom is -0.276 e. The SMILES string of the molecule is CCO[P+](=O)Oc1ccc(Cl)cc1NS(=O)(=O)c1ccc(Cl)c(C(F)(F)F)c1. The third-order valence-electron chi connectivity index (χ3n) is 3.15. The molecule has 0 amide bonds. The molecule has 0 saturated heterocycles. The highest BCUT2D eigenvalue weighted by molar-refractivity contribution is 7.92. The van der Waals surface area contributed by atoms with Crippen LogP contribution < -0.4 is 9.25 Å². The normalized spacial score (nSPS) is 12.6. The van der Waals surface area contributed by atoms with Gasteiger partial charge < -0.3 is 0 Å². The summed E-state index contributed by atoms with van der Waals surface area (Å²) in [6.45, 7) is 1.65. The van der Waals surface area contributed by atoms with Gasteiger partial charge in [0.1, 0.15) is 6.61 Å². The average molecular weight is 477 g/mol. The molecule has 0 heterocycles. The molecule has 0 radical (unpaired) electrons. The molecule has 2 rings (SSSR count). The fourth-order valence-electron chi connectivity index (χ4n) is 1.97. The highest BCUT2D eigenvalue weighted by Gasteiger charge is 2.35. The van der Waals surface area contributed by atoms with Gasteiger partial charge in [0, 0.05) is 9.59 Å². The summed E-state index contributed by atoms with van der Waals surface area (Å²) in [6.07, 6.45) is -4.84.